The van der Waals surface area contributed by atoms with E-state index < -0.39 is 8.24 Å². The molecule has 3 nitrogen and oxygen atoms in total. The van der Waals surface area contributed by atoms with Crippen LogP contribution in [0.5, 0.6) is 0 Å². The van der Waals surface area contributed by atoms with E-state index >= 15 is 0 Å². The number of allylic oxidation sites excluding steroid dienone is 1. The van der Waals surface area contributed by atoms with Gasteiger partial charge in [-0.1, -0.05) is 11.3 Å². The van der Waals surface area contributed by atoms with E-state index in [0.29, 0.717) is 0 Å². The van der Waals surface area contributed by atoms with Crippen LogP contribution in [0.1, 0.15) is 11.4 Å². The summed E-state index contributed by atoms with van der Waals surface area (Å²) in [6, 6.07) is 0. The molecule has 4 heteroatoms. The fourth-order valence-corrected chi connectivity index (χ4v) is 2.78. The van der Waals surface area contributed by atoms with Gasteiger partial charge in [-0.25, -0.2) is 0 Å². The normalized spacial score (nSPS) is 15.2. The van der Waals surface area contributed by atoms with E-state index in [4.69, 9.17) is 0 Å². The summed E-state index contributed by atoms with van der Waals surface area (Å²) in [7, 11) is -1.33. The maximum Gasteiger partial charge on any atom is 0.178 e. The van der Waals surface area contributed by atoms with Gasteiger partial charge in [-0.05, 0) is 25.7 Å². The van der Waals surface area contributed by atoms with Gasteiger partial charge in [0, 0.05) is 6.42 Å². The van der Waals surface area contributed by atoms with Gasteiger partial charge in [0.25, 0.3) is 0 Å². The molecule has 1 aliphatic carbocycles. The zero-order valence-corrected chi connectivity index (χ0v) is 8.70. The number of hydrogen-bond donors (Lipinski definition) is 0. The molecule has 1 aromatic rings. The summed E-state index contributed by atoms with van der Waals surface area (Å²) < 4.78 is 2.14. The molecular formula is C8H13N3Si. The minimum Gasteiger partial charge on any atom is -0.278 e. The molecule has 1 aliphatic rings. The van der Waals surface area contributed by atoms with Crippen LogP contribution in [0.2, 0.25) is 19.6 Å². The van der Waals surface area contributed by atoms with Crippen LogP contribution in [0.15, 0.2) is 6.08 Å². The summed E-state index contributed by atoms with van der Waals surface area (Å²) in [4.78, 5) is 0. The fourth-order valence-electron chi connectivity index (χ4n) is 1.45. The zero-order chi connectivity index (χ0) is 8.77. The molecule has 0 unspecified atom stereocenters. The van der Waals surface area contributed by atoms with Gasteiger partial charge in [-0.15, -0.1) is 5.10 Å². The SMILES string of the molecule is C[Si](C)(C)n1nnc2c1CC=C2. The Morgan fingerprint density at radius 3 is 2.83 bits per heavy atom. The van der Waals surface area contributed by atoms with Crippen LogP contribution in [0, 0.1) is 0 Å². The molecule has 1 aromatic heterocycles. The Hall–Kier alpha value is -0.903. The van der Waals surface area contributed by atoms with Crippen molar-refractivity contribution in [2.24, 2.45) is 0 Å². The second-order valence-corrected chi connectivity index (χ2v) is 8.88. The van der Waals surface area contributed by atoms with Gasteiger partial charge in [0.05, 0.1) is 5.69 Å². The molecule has 0 saturated heterocycles. The highest BCUT2D eigenvalue weighted by atomic mass is 28.3. The molecular weight excluding hydrogens is 166 g/mol. The highest BCUT2D eigenvalue weighted by molar-refractivity contribution is 6.74. The minimum absolute atomic E-state index is 1.01. The number of hydrogen-bond acceptors (Lipinski definition) is 2. The quantitative estimate of drug-likeness (QED) is 0.612. The van der Waals surface area contributed by atoms with Gasteiger partial charge in [-0.2, -0.15) is 0 Å². The van der Waals surface area contributed by atoms with Crippen LogP contribution in [0.4, 0.5) is 0 Å². The third kappa shape index (κ3) is 1.03. The second-order valence-electron chi connectivity index (χ2n) is 4.11. The van der Waals surface area contributed by atoms with Gasteiger partial charge in [-0.3, -0.25) is 4.35 Å². The first-order valence-electron chi connectivity index (χ1n) is 4.20. The van der Waals surface area contributed by atoms with E-state index in [1.165, 1.54) is 5.69 Å². The highest BCUT2D eigenvalue weighted by Gasteiger charge is 2.24. The topological polar surface area (TPSA) is 30.7 Å². The number of fused-ring (bicyclic) bond motifs is 1. The van der Waals surface area contributed by atoms with E-state index in [0.717, 1.165) is 12.1 Å². The Morgan fingerprint density at radius 2 is 2.17 bits per heavy atom. The van der Waals surface area contributed by atoms with E-state index in [1.807, 2.05) is 0 Å². The van der Waals surface area contributed by atoms with Crippen LogP contribution in [-0.2, 0) is 6.42 Å². The molecule has 0 saturated carbocycles. The predicted molar refractivity (Wildman–Crippen MR) is 51.5 cm³/mol. The van der Waals surface area contributed by atoms with Crippen molar-refractivity contribution in [3.8, 4) is 0 Å². The molecule has 1 heterocycles. The van der Waals surface area contributed by atoms with Crippen molar-refractivity contribution >= 4 is 14.3 Å². The van der Waals surface area contributed by atoms with E-state index in [2.05, 4.69) is 46.5 Å². The first kappa shape index (κ1) is 7.73. The highest BCUT2D eigenvalue weighted by Crippen LogP contribution is 2.19. The lowest BCUT2D eigenvalue weighted by Crippen LogP contribution is -2.34. The molecule has 64 valence electrons. The maximum atomic E-state index is 4.19. The first-order chi connectivity index (χ1) is 5.59. The summed E-state index contributed by atoms with van der Waals surface area (Å²) in [6.07, 6.45) is 5.21. The van der Waals surface area contributed by atoms with E-state index in [1.54, 1.807) is 0 Å². The van der Waals surface area contributed by atoms with Crippen LogP contribution in [-0.4, -0.2) is 22.9 Å². The van der Waals surface area contributed by atoms with Crippen molar-refractivity contribution in [2.75, 3.05) is 0 Å². The summed E-state index contributed by atoms with van der Waals surface area (Å²) in [5.74, 6) is 0. The Bertz CT molecular complexity index is 333. The minimum atomic E-state index is -1.33. The Labute approximate surface area is 73.2 Å². The summed E-state index contributed by atoms with van der Waals surface area (Å²) in [5, 5.41) is 8.31. The lowest BCUT2D eigenvalue weighted by Gasteiger charge is -2.17. The Morgan fingerprint density at radius 1 is 1.42 bits per heavy atom. The van der Waals surface area contributed by atoms with Crippen LogP contribution < -0.4 is 0 Å². The van der Waals surface area contributed by atoms with Gasteiger partial charge < -0.3 is 0 Å². The lowest BCUT2D eigenvalue weighted by molar-refractivity contribution is 0.814. The van der Waals surface area contributed by atoms with Crippen molar-refractivity contribution in [3.05, 3.63) is 17.5 Å². The van der Waals surface area contributed by atoms with Crippen LogP contribution >= 0.6 is 0 Å². The summed E-state index contributed by atoms with van der Waals surface area (Å²) in [6.45, 7) is 6.83. The molecule has 0 atom stereocenters. The van der Waals surface area contributed by atoms with Crippen molar-refractivity contribution in [1.29, 1.82) is 0 Å². The molecule has 2 rings (SSSR count). The van der Waals surface area contributed by atoms with Crippen molar-refractivity contribution < 1.29 is 0 Å². The van der Waals surface area contributed by atoms with Gasteiger partial charge in [0.1, 0.15) is 5.69 Å². The third-order valence-corrected chi connectivity index (χ3v) is 3.65. The van der Waals surface area contributed by atoms with E-state index in [-0.39, 0.29) is 0 Å². The molecule has 0 spiro atoms. The van der Waals surface area contributed by atoms with E-state index in [9.17, 15) is 0 Å². The average molecular weight is 179 g/mol. The molecule has 0 aromatic carbocycles. The standard InChI is InChI=1S/C8H13N3Si/c1-12(2,3)11-8-6-4-5-7(8)9-10-11/h4-5H,6H2,1-3H3. The summed E-state index contributed by atoms with van der Waals surface area (Å²) >= 11 is 0. The van der Waals surface area contributed by atoms with Crippen molar-refractivity contribution in [2.45, 2.75) is 26.1 Å². The summed E-state index contributed by atoms with van der Waals surface area (Å²) in [5.41, 5.74) is 2.37. The molecule has 0 radical (unpaired) electrons. The molecule has 0 aliphatic heterocycles. The van der Waals surface area contributed by atoms with Crippen LogP contribution in [0.3, 0.4) is 0 Å². The van der Waals surface area contributed by atoms with Crippen LogP contribution in [0.25, 0.3) is 6.08 Å². The van der Waals surface area contributed by atoms with Gasteiger partial charge in [0.2, 0.25) is 0 Å². The van der Waals surface area contributed by atoms with Crippen molar-refractivity contribution in [1.82, 2.24) is 14.7 Å². The monoisotopic (exact) mass is 179 g/mol. The number of nitrogens with zero attached hydrogens (tertiary/aromatic N) is 3. The maximum absolute atomic E-state index is 4.19. The van der Waals surface area contributed by atoms with Gasteiger partial charge >= 0.3 is 0 Å². The smallest absolute Gasteiger partial charge is 0.178 e. The molecule has 0 amide bonds. The largest absolute Gasteiger partial charge is 0.278 e. The second kappa shape index (κ2) is 2.29. The molecule has 0 fully saturated rings. The number of rotatable bonds is 1. The van der Waals surface area contributed by atoms with Crippen molar-refractivity contribution in [3.63, 3.8) is 0 Å². The fraction of sp³-hybridized carbons (Fsp3) is 0.500. The third-order valence-electron chi connectivity index (χ3n) is 2.02. The Kier molecular flexibility index (Phi) is 1.48. The molecule has 0 N–H and O–H groups in total. The van der Waals surface area contributed by atoms with Gasteiger partial charge in [0.15, 0.2) is 8.24 Å². The first-order valence-corrected chi connectivity index (χ1v) is 7.65. The average Bonchev–Trinajstić information content (AvgIpc) is 2.37. The Balaban J connectivity index is 2.50. The zero-order valence-electron chi connectivity index (χ0n) is 7.70. The molecule has 12 heavy (non-hydrogen) atoms. The lowest BCUT2D eigenvalue weighted by atomic mass is 10.4. The number of aromatic nitrogens is 3. The molecule has 0 bridgehead atoms. The predicted octanol–water partition coefficient (Wildman–Crippen LogP) is 1.53.